The van der Waals surface area contributed by atoms with Crippen molar-refractivity contribution in [3.8, 4) is 0 Å². The van der Waals surface area contributed by atoms with E-state index in [0.29, 0.717) is 10.9 Å². The molecule has 3 nitrogen and oxygen atoms in total. The number of para-hydroxylation sites is 1. The van der Waals surface area contributed by atoms with Gasteiger partial charge in [-0.05, 0) is 6.07 Å². The predicted molar refractivity (Wildman–Crippen MR) is 58.6 cm³/mol. The lowest BCUT2D eigenvalue weighted by Crippen LogP contribution is -2.28. The Morgan fingerprint density at radius 1 is 1.35 bits per heavy atom. The van der Waals surface area contributed by atoms with Gasteiger partial charge in [0.15, 0.2) is 0 Å². The molecular weight excluding hydrogens is 231 g/mol. The van der Waals surface area contributed by atoms with Gasteiger partial charge in [0.05, 0.1) is 11.2 Å². The van der Waals surface area contributed by atoms with Crippen LogP contribution in [0.25, 0.3) is 10.9 Å². The maximum atomic E-state index is 12.8. The highest BCUT2D eigenvalue weighted by Crippen LogP contribution is 2.36. The standard InChI is InChI=1S/C11H12F3N3/c1-17-9-5-3-2-4-7(9)10(16-17)8(6-15)11(12,13)14/h2-5,8H,6,15H2,1H3. The monoisotopic (exact) mass is 243 g/mol. The Balaban J connectivity index is 2.62. The molecule has 0 aliphatic heterocycles. The molecule has 0 spiro atoms. The number of alkyl halides is 3. The minimum atomic E-state index is -4.37. The zero-order valence-electron chi connectivity index (χ0n) is 9.20. The summed E-state index contributed by atoms with van der Waals surface area (Å²) in [5.41, 5.74) is 5.89. The number of nitrogens with two attached hydrogens (primary N) is 1. The Hall–Kier alpha value is -1.56. The summed E-state index contributed by atoms with van der Waals surface area (Å²) in [6, 6.07) is 6.82. The first kappa shape index (κ1) is 11.9. The molecule has 0 amide bonds. The highest BCUT2D eigenvalue weighted by atomic mass is 19.4. The van der Waals surface area contributed by atoms with Crippen LogP contribution >= 0.6 is 0 Å². The fourth-order valence-electron chi connectivity index (χ4n) is 1.90. The molecule has 2 aromatic rings. The van der Waals surface area contributed by atoms with Crippen LogP contribution in [0.15, 0.2) is 24.3 Å². The molecule has 1 heterocycles. The van der Waals surface area contributed by atoms with E-state index in [1.54, 1.807) is 31.3 Å². The van der Waals surface area contributed by atoms with Crippen molar-refractivity contribution < 1.29 is 13.2 Å². The molecule has 0 aliphatic rings. The molecule has 0 radical (unpaired) electrons. The van der Waals surface area contributed by atoms with Crippen molar-refractivity contribution in [3.05, 3.63) is 30.0 Å². The average molecular weight is 243 g/mol. The second-order valence-corrected chi connectivity index (χ2v) is 3.86. The fraction of sp³-hybridized carbons (Fsp3) is 0.364. The van der Waals surface area contributed by atoms with Crippen molar-refractivity contribution in [1.29, 1.82) is 0 Å². The third-order valence-electron chi connectivity index (χ3n) is 2.75. The minimum Gasteiger partial charge on any atom is -0.329 e. The van der Waals surface area contributed by atoms with Crippen LogP contribution in [0.3, 0.4) is 0 Å². The molecule has 6 heteroatoms. The Morgan fingerprint density at radius 3 is 2.59 bits per heavy atom. The zero-order chi connectivity index (χ0) is 12.6. The van der Waals surface area contributed by atoms with Gasteiger partial charge in [-0.25, -0.2) is 0 Å². The van der Waals surface area contributed by atoms with Gasteiger partial charge in [-0.15, -0.1) is 0 Å². The zero-order valence-corrected chi connectivity index (χ0v) is 9.20. The van der Waals surface area contributed by atoms with Crippen LogP contribution in [0.5, 0.6) is 0 Å². The van der Waals surface area contributed by atoms with E-state index in [-0.39, 0.29) is 5.69 Å². The normalized spacial score (nSPS) is 14.2. The van der Waals surface area contributed by atoms with Crippen molar-refractivity contribution in [2.45, 2.75) is 12.1 Å². The summed E-state index contributed by atoms with van der Waals surface area (Å²) in [4.78, 5) is 0. The van der Waals surface area contributed by atoms with Crippen molar-refractivity contribution in [2.75, 3.05) is 6.54 Å². The van der Waals surface area contributed by atoms with Crippen LogP contribution in [0.1, 0.15) is 11.6 Å². The molecule has 2 N–H and O–H groups in total. The molecule has 0 saturated heterocycles. The third kappa shape index (κ3) is 2.00. The minimum absolute atomic E-state index is 0.00176. The Labute approximate surface area is 96.0 Å². The van der Waals surface area contributed by atoms with E-state index in [1.807, 2.05) is 0 Å². The summed E-state index contributed by atoms with van der Waals surface area (Å²) >= 11 is 0. The molecule has 92 valence electrons. The fourth-order valence-corrected chi connectivity index (χ4v) is 1.90. The van der Waals surface area contributed by atoms with Crippen LogP contribution < -0.4 is 5.73 Å². The molecular formula is C11H12F3N3. The van der Waals surface area contributed by atoms with Gasteiger partial charge in [0.25, 0.3) is 0 Å². The lowest BCUT2D eigenvalue weighted by atomic mass is 10.0. The SMILES string of the molecule is Cn1nc(C(CN)C(F)(F)F)c2ccccc21. The number of fused-ring (bicyclic) bond motifs is 1. The van der Waals surface area contributed by atoms with E-state index >= 15 is 0 Å². The summed E-state index contributed by atoms with van der Waals surface area (Å²) in [6.45, 7) is -0.496. The van der Waals surface area contributed by atoms with Crippen molar-refractivity contribution >= 4 is 10.9 Å². The third-order valence-corrected chi connectivity index (χ3v) is 2.75. The summed E-state index contributed by atoms with van der Waals surface area (Å²) in [5, 5.41) is 4.45. The molecule has 1 aromatic heterocycles. The lowest BCUT2D eigenvalue weighted by molar-refractivity contribution is -0.148. The number of hydrogen-bond acceptors (Lipinski definition) is 2. The first-order valence-corrected chi connectivity index (χ1v) is 5.13. The predicted octanol–water partition coefficient (Wildman–Crippen LogP) is 2.18. The number of benzene rings is 1. The van der Waals surface area contributed by atoms with Gasteiger partial charge in [-0.3, -0.25) is 4.68 Å². The lowest BCUT2D eigenvalue weighted by Gasteiger charge is -2.16. The number of aryl methyl sites for hydroxylation is 1. The van der Waals surface area contributed by atoms with Gasteiger partial charge in [0.1, 0.15) is 5.92 Å². The summed E-state index contributed by atoms with van der Waals surface area (Å²) < 4.78 is 39.9. The quantitative estimate of drug-likeness (QED) is 0.878. The summed E-state index contributed by atoms with van der Waals surface area (Å²) in [6.07, 6.45) is -4.37. The number of hydrogen-bond donors (Lipinski definition) is 1. The number of aromatic nitrogens is 2. The van der Waals surface area contributed by atoms with E-state index in [2.05, 4.69) is 5.10 Å². The van der Waals surface area contributed by atoms with Gasteiger partial charge in [0.2, 0.25) is 0 Å². The molecule has 1 unspecified atom stereocenters. The summed E-state index contributed by atoms with van der Waals surface area (Å²) in [5.74, 6) is -1.71. The molecule has 0 aliphatic carbocycles. The first-order valence-electron chi connectivity index (χ1n) is 5.13. The molecule has 0 fully saturated rings. The van der Waals surface area contributed by atoms with E-state index in [9.17, 15) is 13.2 Å². The van der Waals surface area contributed by atoms with Gasteiger partial charge in [-0.1, -0.05) is 18.2 Å². The second kappa shape index (κ2) is 4.03. The Bertz CT molecular complexity index is 530. The van der Waals surface area contributed by atoms with Gasteiger partial charge >= 0.3 is 6.18 Å². The van der Waals surface area contributed by atoms with Crippen LogP contribution in [0.4, 0.5) is 13.2 Å². The topological polar surface area (TPSA) is 43.8 Å². The number of halogens is 3. The molecule has 1 aromatic carbocycles. The largest absolute Gasteiger partial charge is 0.398 e. The molecule has 0 bridgehead atoms. The smallest absolute Gasteiger partial charge is 0.329 e. The first-order chi connectivity index (χ1) is 7.95. The second-order valence-electron chi connectivity index (χ2n) is 3.86. The van der Waals surface area contributed by atoms with E-state index in [4.69, 9.17) is 5.73 Å². The van der Waals surface area contributed by atoms with E-state index < -0.39 is 18.6 Å². The van der Waals surface area contributed by atoms with Crippen molar-refractivity contribution in [3.63, 3.8) is 0 Å². The van der Waals surface area contributed by atoms with Crippen LogP contribution in [-0.2, 0) is 7.05 Å². The van der Waals surface area contributed by atoms with Crippen LogP contribution in [-0.4, -0.2) is 22.5 Å². The number of rotatable bonds is 2. The highest BCUT2D eigenvalue weighted by molar-refractivity contribution is 5.82. The van der Waals surface area contributed by atoms with E-state index in [0.717, 1.165) is 0 Å². The van der Waals surface area contributed by atoms with Gasteiger partial charge < -0.3 is 5.73 Å². The van der Waals surface area contributed by atoms with Gasteiger partial charge in [-0.2, -0.15) is 18.3 Å². The Morgan fingerprint density at radius 2 is 2.00 bits per heavy atom. The molecule has 0 saturated carbocycles. The van der Waals surface area contributed by atoms with Crippen molar-refractivity contribution in [2.24, 2.45) is 12.8 Å². The van der Waals surface area contributed by atoms with Crippen molar-refractivity contribution in [1.82, 2.24) is 9.78 Å². The Kier molecular flexibility index (Phi) is 2.82. The highest BCUT2D eigenvalue weighted by Gasteiger charge is 2.42. The maximum Gasteiger partial charge on any atom is 0.398 e. The average Bonchev–Trinajstić information content (AvgIpc) is 2.56. The maximum absolute atomic E-state index is 12.8. The number of nitrogens with zero attached hydrogens (tertiary/aromatic N) is 2. The van der Waals surface area contributed by atoms with Gasteiger partial charge in [0, 0.05) is 19.0 Å². The van der Waals surface area contributed by atoms with E-state index in [1.165, 1.54) is 4.68 Å². The molecule has 2 rings (SSSR count). The molecule has 17 heavy (non-hydrogen) atoms. The summed E-state index contributed by atoms with van der Waals surface area (Å²) in [7, 11) is 1.62. The van der Waals surface area contributed by atoms with Crippen LogP contribution in [0, 0.1) is 0 Å². The molecule has 1 atom stereocenters. The van der Waals surface area contributed by atoms with Crippen LogP contribution in [0.2, 0.25) is 0 Å².